The summed E-state index contributed by atoms with van der Waals surface area (Å²) in [7, 11) is 1.40. The van der Waals surface area contributed by atoms with Gasteiger partial charge in [0.1, 0.15) is 0 Å². The van der Waals surface area contributed by atoms with Crippen LogP contribution in [0.5, 0.6) is 11.5 Å². The maximum atomic E-state index is 9.81. The Labute approximate surface area is 93.7 Å². The molecule has 0 unspecified atom stereocenters. The second kappa shape index (κ2) is 5.35. The van der Waals surface area contributed by atoms with Gasteiger partial charge in [0.25, 0.3) is 0 Å². The van der Waals surface area contributed by atoms with E-state index in [9.17, 15) is 5.11 Å². The molecule has 0 aliphatic carbocycles. The Morgan fingerprint density at radius 2 is 2.25 bits per heavy atom. The summed E-state index contributed by atoms with van der Waals surface area (Å²) in [6, 6.07) is 4.37. The average Bonchev–Trinajstić information content (AvgIpc) is 2.29. The fourth-order valence-corrected chi connectivity index (χ4v) is 1.43. The molecular weight excluding hydrogens is 208 g/mol. The van der Waals surface area contributed by atoms with E-state index in [4.69, 9.17) is 20.8 Å². The molecule has 0 heterocycles. The lowest BCUT2D eigenvalue weighted by Crippen LogP contribution is -2.12. The normalized spacial score (nSPS) is 11.9. The van der Waals surface area contributed by atoms with E-state index in [1.54, 1.807) is 0 Å². The zero-order valence-electron chi connectivity index (χ0n) is 8.97. The SMILES string of the molecule is COc1cc(C#N)cc([C@@H](N)CCO)c1O. The molecule has 86 valence electrons. The van der Waals surface area contributed by atoms with Crippen LogP contribution in [-0.4, -0.2) is 23.9 Å². The van der Waals surface area contributed by atoms with E-state index in [1.165, 1.54) is 19.2 Å². The quantitative estimate of drug-likeness (QED) is 0.694. The van der Waals surface area contributed by atoms with Crippen LogP contribution in [0, 0.1) is 11.3 Å². The number of hydrogen-bond donors (Lipinski definition) is 3. The van der Waals surface area contributed by atoms with Gasteiger partial charge < -0.3 is 20.7 Å². The predicted octanol–water partition coefficient (Wildman–Crippen LogP) is 0.655. The van der Waals surface area contributed by atoms with Crippen molar-refractivity contribution in [2.45, 2.75) is 12.5 Å². The molecule has 0 saturated heterocycles. The number of phenols is 1. The van der Waals surface area contributed by atoms with Crippen LogP contribution in [0.4, 0.5) is 0 Å². The first kappa shape index (κ1) is 12.3. The van der Waals surface area contributed by atoms with E-state index in [-0.39, 0.29) is 18.1 Å². The molecule has 0 spiro atoms. The zero-order valence-corrected chi connectivity index (χ0v) is 8.97. The van der Waals surface area contributed by atoms with Crippen molar-refractivity contribution in [2.24, 2.45) is 5.73 Å². The topological polar surface area (TPSA) is 99.5 Å². The Morgan fingerprint density at radius 3 is 2.75 bits per heavy atom. The van der Waals surface area contributed by atoms with Gasteiger partial charge in [0.2, 0.25) is 0 Å². The van der Waals surface area contributed by atoms with Crippen LogP contribution in [0.3, 0.4) is 0 Å². The minimum Gasteiger partial charge on any atom is -0.504 e. The molecule has 16 heavy (non-hydrogen) atoms. The summed E-state index contributed by atoms with van der Waals surface area (Å²) in [6.45, 7) is -0.0836. The fourth-order valence-electron chi connectivity index (χ4n) is 1.43. The number of aliphatic hydroxyl groups excluding tert-OH is 1. The summed E-state index contributed by atoms with van der Waals surface area (Å²) in [5.74, 6) is 0.130. The highest BCUT2D eigenvalue weighted by Crippen LogP contribution is 2.35. The van der Waals surface area contributed by atoms with Crippen molar-refractivity contribution in [1.82, 2.24) is 0 Å². The summed E-state index contributed by atoms with van der Waals surface area (Å²) in [6.07, 6.45) is 0.311. The smallest absolute Gasteiger partial charge is 0.162 e. The molecule has 0 fully saturated rings. The second-order valence-electron chi connectivity index (χ2n) is 3.35. The molecule has 0 aliphatic rings. The maximum Gasteiger partial charge on any atom is 0.162 e. The second-order valence-corrected chi connectivity index (χ2v) is 3.35. The number of phenolic OH excluding ortho intramolecular Hbond substituents is 1. The minimum absolute atomic E-state index is 0.0811. The number of hydrogen-bond acceptors (Lipinski definition) is 5. The van der Waals surface area contributed by atoms with Gasteiger partial charge in [-0.05, 0) is 12.5 Å². The van der Waals surface area contributed by atoms with E-state index >= 15 is 0 Å². The van der Waals surface area contributed by atoms with Gasteiger partial charge in [0, 0.05) is 24.3 Å². The average molecular weight is 222 g/mol. The number of aliphatic hydroxyl groups is 1. The van der Waals surface area contributed by atoms with Crippen LogP contribution >= 0.6 is 0 Å². The summed E-state index contributed by atoms with van der Waals surface area (Å²) < 4.78 is 4.94. The highest BCUT2D eigenvalue weighted by molar-refractivity contribution is 5.52. The molecule has 5 nitrogen and oxygen atoms in total. The van der Waals surface area contributed by atoms with E-state index < -0.39 is 6.04 Å². The van der Waals surface area contributed by atoms with Crippen LogP contribution in [0.1, 0.15) is 23.6 Å². The molecule has 0 saturated carbocycles. The van der Waals surface area contributed by atoms with Crippen molar-refractivity contribution in [2.75, 3.05) is 13.7 Å². The lowest BCUT2D eigenvalue weighted by molar-refractivity contribution is 0.275. The summed E-state index contributed by atoms with van der Waals surface area (Å²) >= 11 is 0. The molecule has 0 aliphatic heterocycles. The van der Waals surface area contributed by atoms with Crippen LogP contribution in [0.15, 0.2) is 12.1 Å². The Bertz CT molecular complexity index is 412. The van der Waals surface area contributed by atoms with Crippen LogP contribution in [-0.2, 0) is 0 Å². The molecule has 1 aromatic carbocycles. The molecule has 1 aromatic rings. The first-order valence-electron chi connectivity index (χ1n) is 4.81. The number of ether oxygens (including phenoxy) is 1. The van der Waals surface area contributed by atoms with Gasteiger partial charge in [0.05, 0.1) is 18.7 Å². The third-order valence-electron chi connectivity index (χ3n) is 2.29. The molecular formula is C11H14N2O3. The van der Waals surface area contributed by atoms with Gasteiger partial charge in [-0.25, -0.2) is 0 Å². The number of nitrogens with zero attached hydrogens (tertiary/aromatic N) is 1. The molecule has 4 N–H and O–H groups in total. The van der Waals surface area contributed by atoms with Crippen LogP contribution in [0.25, 0.3) is 0 Å². The van der Waals surface area contributed by atoms with Crippen molar-refractivity contribution in [3.8, 4) is 17.6 Å². The Kier molecular flexibility index (Phi) is 4.11. The summed E-state index contributed by atoms with van der Waals surface area (Å²) in [5, 5.41) is 27.4. The Hall–Kier alpha value is -1.77. The molecule has 5 heteroatoms. The zero-order chi connectivity index (χ0) is 12.1. The molecule has 0 radical (unpaired) electrons. The maximum absolute atomic E-state index is 9.81. The molecule has 0 amide bonds. The lowest BCUT2D eigenvalue weighted by atomic mass is 10.0. The Morgan fingerprint density at radius 1 is 1.56 bits per heavy atom. The largest absolute Gasteiger partial charge is 0.504 e. The van der Waals surface area contributed by atoms with E-state index in [1.807, 2.05) is 6.07 Å². The van der Waals surface area contributed by atoms with Crippen LogP contribution < -0.4 is 10.5 Å². The molecule has 1 atom stereocenters. The van der Waals surface area contributed by atoms with E-state index in [0.717, 1.165) is 0 Å². The third-order valence-corrected chi connectivity index (χ3v) is 2.29. The number of nitriles is 1. The highest BCUT2D eigenvalue weighted by Gasteiger charge is 2.16. The minimum atomic E-state index is -0.521. The summed E-state index contributed by atoms with van der Waals surface area (Å²) in [4.78, 5) is 0. The van der Waals surface area contributed by atoms with E-state index in [0.29, 0.717) is 17.5 Å². The van der Waals surface area contributed by atoms with Crippen molar-refractivity contribution in [3.63, 3.8) is 0 Å². The predicted molar refractivity (Wildman–Crippen MR) is 58.0 cm³/mol. The third kappa shape index (κ3) is 2.42. The van der Waals surface area contributed by atoms with Gasteiger partial charge in [-0.2, -0.15) is 5.26 Å². The number of nitrogens with two attached hydrogens (primary N) is 1. The Balaban J connectivity index is 3.21. The number of methoxy groups -OCH3 is 1. The van der Waals surface area contributed by atoms with E-state index in [2.05, 4.69) is 0 Å². The summed E-state index contributed by atoms with van der Waals surface area (Å²) in [5.41, 5.74) is 6.54. The first-order valence-corrected chi connectivity index (χ1v) is 4.81. The fraction of sp³-hybridized carbons (Fsp3) is 0.364. The van der Waals surface area contributed by atoms with Crippen molar-refractivity contribution in [1.29, 1.82) is 5.26 Å². The number of benzene rings is 1. The van der Waals surface area contributed by atoms with Gasteiger partial charge in [-0.3, -0.25) is 0 Å². The van der Waals surface area contributed by atoms with Crippen molar-refractivity contribution < 1.29 is 14.9 Å². The number of aromatic hydroxyl groups is 1. The van der Waals surface area contributed by atoms with Gasteiger partial charge in [-0.1, -0.05) is 0 Å². The molecule has 1 rings (SSSR count). The lowest BCUT2D eigenvalue weighted by Gasteiger charge is -2.15. The van der Waals surface area contributed by atoms with Gasteiger partial charge >= 0.3 is 0 Å². The monoisotopic (exact) mass is 222 g/mol. The first-order chi connectivity index (χ1) is 7.63. The molecule has 0 aromatic heterocycles. The standard InChI is InChI=1S/C11H14N2O3/c1-16-10-5-7(6-12)4-8(11(10)15)9(13)2-3-14/h4-5,9,14-15H,2-3,13H2,1H3/t9-/m0/s1. The van der Waals surface area contributed by atoms with Crippen LogP contribution in [0.2, 0.25) is 0 Å². The van der Waals surface area contributed by atoms with Crippen molar-refractivity contribution >= 4 is 0 Å². The van der Waals surface area contributed by atoms with Gasteiger partial charge in [0.15, 0.2) is 11.5 Å². The van der Waals surface area contributed by atoms with Gasteiger partial charge in [-0.15, -0.1) is 0 Å². The van der Waals surface area contributed by atoms with Crippen molar-refractivity contribution in [3.05, 3.63) is 23.3 Å². The molecule has 0 bridgehead atoms. The highest BCUT2D eigenvalue weighted by atomic mass is 16.5. The number of rotatable bonds is 4.